The Morgan fingerprint density at radius 3 is 2.90 bits per heavy atom. The van der Waals surface area contributed by atoms with Crippen LogP contribution in [0.4, 0.5) is 0 Å². The molecule has 1 amide bonds. The third-order valence-electron chi connectivity index (χ3n) is 2.24. The number of carbonyl (C=O) groups is 1. The van der Waals surface area contributed by atoms with Crippen LogP contribution in [0.15, 0.2) is 0 Å². The third-order valence-corrected chi connectivity index (χ3v) is 2.24. The van der Waals surface area contributed by atoms with Crippen molar-refractivity contribution in [3.63, 3.8) is 0 Å². The summed E-state index contributed by atoms with van der Waals surface area (Å²) in [6.07, 6.45) is 5.76. The predicted octanol–water partition coefficient (Wildman–Crippen LogP) is 1.31. The first-order valence-corrected chi connectivity index (χ1v) is 4.02. The second kappa shape index (κ2) is 3.59. The molecule has 2 heteroatoms. The van der Waals surface area contributed by atoms with Crippen molar-refractivity contribution in [2.45, 2.75) is 38.6 Å². The standard InChI is InChI=1S/C8H15NO/c1-7-3-2-4-8(5-7)9-6-10/h6-8H,2-5H2,1H3,(H,9,10)/t7-,8-/m1/s1. The van der Waals surface area contributed by atoms with E-state index in [9.17, 15) is 4.79 Å². The molecule has 1 aliphatic carbocycles. The molecule has 1 aliphatic rings. The maximum absolute atomic E-state index is 10.1. The van der Waals surface area contributed by atoms with Crippen LogP contribution in [-0.4, -0.2) is 12.5 Å². The molecule has 0 saturated heterocycles. The second-order valence-electron chi connectivity index (χ2n) is 3.25. The Kier molecular flexibility index (Phi) is 2.72. The zero-order valence-electron chi connectivity index (χ0n) is 6.47. The number of nitrogens with one attached hydrogen (secondary N) is 1. The van der Waals surface area contributed by atoms with Gasteiger partial charge in [0.15, 0.2) is 0 Å². The Bertz CT molecular complexity index is 114. The summed E-state index contributed by atoms with van der Waals surface area (Å²) in [6, 6.07) is 0.459. The summed E-state index contributed by atoms with van der Waals surface area (Å²) in [7, 11) is 0. The van der Waals surface area contributed by atoms with Crippen LogP contribution in [-0.2, 0) is 4.79 Å². The lowest BCUT2D eigenvalue weighted by molar-refractivity contribution is -0.110. The lowest BCUT2D eigenvalue weighted by Gasteiger charge is -2.25. The fraction of sp³-hybridized carbons (Fsp3) is 0.875. The highest BCUT2D eigenvalue weighted by molar-refractivity contribution is 5.46. The van der Waals surface area contributed by atoms with Crippen LogP contribution < -0.4 is 5.32 Å². The molecule has 0 radical (unpaired) electrons. The van der Waals surface area contributed by atoms with Crippen molar-refractivity contribution in [1.29, 1.82) is 0 Å². The average molecular weight is 141 g/mol. The lowest BCUT2D eigenvalue weighted by atomic mass is 9.87. The van der Waals surface area contributed by atoms with Gasteiger partial charge >= 0.3 is 0 Å². The van der Waals surface area contributed by atoms with Gasteiger partial charge in [-0.1, -0.05) is 19.8 Å². The van der Waals surface area contributed by atoms with Crippen LogP contribution >= 0.6 is 0 Å². The Morgan fingerprint density at radius 1 is 1.50 bits per heavy atom. The van der Waals surface area contributed by atoms with E-state index in [1.165, 1.54) is 25.7 Å². The molecule has 0 aliphatic heterocycles. The van der Waals surface area contributed by atoms with Crippen molar-refractivity contribution < 1.29 is 4.79 Å². The largest absolute Gasteiger partial charge is 0.356 e. The van der Waals surface area contributed by atoms with Gasteiger partial charge in [-0.2, -0.15) is 0 Å². The summed E-state index contributed by atoms with van der Waals surface area (Å²) in [5, 5.41) is 2.83. The molecule has 0 aromatic rings. The molecule has 10 heavy (non-hydrogen) atoms. The van der Waals surface area contributed by atoms with E-state index >= 15 is 0 Å². The van der Waals surface area contributed by atoms with Crippen LogP contribution in [0.5, 0.6) is 0 Å². The van der Waals surface area contributed by atoms with Gasteiger partial charge < -0.3 is 5.32 Å². The lowest BCUT2D eigenvalue weighted by Crippen LogP contribution is -2.32. The van der Waals surface area contributed by atoms with Crippen LogP contribution in [0.25, 0.3) is 0 Å². The summed E-state index contributed by atoms with van der Waals surface area (Å²) in [5.74, 6) is 0.797. The molecule has 0 aromatic heterocycles. The number of hydrogen-bond acceptors (Lipinski definition) is 1. The minimum Gasteiger partial charge on any atom is -0.356 e. The maximum atomic E-state index is 10.1. The maximum Gasteiger partial charge on any atom is 0.207 e. The van der Waals surface area contributed by atoms with Gasteiger partial charge in [0, 0.05) is 6.04 Å². The third kappa shape index (κ3) is 2.01. The molecule has 2 nitrogen and oxygen atoms in total. The molecule has 0 spiro atoms. The molecule has 58 valence electrons. The molecule has 1 N–H and O–H groups in total. The molecular weight excluding hydrogens is 126 g/mol. The van der Waals surface area contributed by atoms with Crippen molar-refractivity contribution in [3.05, 3.63) is 0 Å². The zero-order valence-corrected chi connectivity index (χ0v) is 6.47. The van der Waals surface area contributed by atoms with Gasteiger partial charge in [0.2, 0.25) is 6.41 Å². The molecule has 0 bridgehead atoms. The molecule has 1 rings (SSSR count). The topological polar surface area (TPSA) is 29.1 Å². The summed E-state index contributed by atoms with van der Waals surface area (Å²) in [6.45, 7) is 2.25. The van der Waals surface area contributed by atoms with Crippen LogP contribution in [0.3, 0.4) is 0 Å². The van der Waals surface area contributed by atoms with E-state index in [2.05, 4.69) is 12.2 Å². The Labute approximate surface area is 62.0 Å². The molecule has 0 unspecified atom stereocenters. The van der Waals surface area contributed by atoms with E-state index in [0.717, 1.165) is 12.3 Å². The summed E-state index contributed by atoms with van der Waals surface area (Å²) in [5.41, 5.74) is 0. The highest BCUT2D eigenvalue weighted by Gasteiger charge is 2.17. The van der Waals surface area contributed by atoms with E-state index in [0.29, 0.717) is 6.04 Å². The Hall–Kier alpha value is -0.530. The van der Waals surface area contributed by atoms with Gasteiger partial charge in [-0.3, -0.25) is 4.79 Å². The van der Waals surface area contributed by atoms with E-state index in [4.69, 9.17) is 0 Å². The number of amides is 1. The highest BCUT2D eigenvalue weighted by atomic mass is 16.1. The van der Waals surface area contributed by atoms with E-state index in [1.54, 1.807) is 0 Å². The van der Waals surface area contributed by atoms with Crippen molar-refractivity contribution in [3.8, 4) is 0 Å². The second-order valence-corrected chi connectivity index (χ2v) is 3.25. The quantitative estimate of drug-likeness (QED) is 0.577. The SMILES string of the molecule is C[C@@H]1CCC[C@@H](NC=O)C1. The number of hydrogen-bond donors (Lipinski definition) is 1. The molecular formula is C8H15NO. The first kappa shape index (κ1) is 7.58. The van der Waals surface area contributed by atoms with Crippen molar-refractivity contribution in [1.82, 2.24) is 5.32 Å². The van der Waals surface area contributed by atoms with Gasteiger partial charge in [0.1, 0.15) is 0 Å². The van der Waals surface area contributed by atoms with Crippen molar-refractivity contribution in [2.24, 2.45) is 5.92 Å². The zero-order chi connectivity index (χ0) is 7.40. The predicted molar refractivity (Wildman–Crippen MR) is 40.6 cm³/mol. The normalized spacial score (nSPS) is 33.3. The minimum absolute atomic E-state index is 0.459. The van der Waals surface area contributed by atoms with E-state index < -0.39 is 0 Å². The Balaban J connectivity index is 2.24. The van der Waals surface area contributed by atoms with Gasteiger partial charge in [-0.15, -0.1) is 0 Å². The van der Waals surface area contributed by atoms with E-state index in [1.807, 2.05) is 0 Å². The fourth-order valence-electron chi connectivity index (χ4n) is 1.68. The first-order valence-electron chi connectivity index (χ1n) is 4.02. The monoisotopic (exact) mass is 141 g/mol. The number of carbonyl (C=O) groups excluding carboxylic acids is 1. The summed E-state index contributed by atoms with van der Waals surface area (Å²) < 4.78 is 0. The van der Waals surface area contributed by atoms with Gasteiger partial charge in [0.25, 0.3) is 0 Å². The Morgan fingerprint density at radius 2 is 2.30 bits per heavy atom. The molecule has 0 aromatic carbocycles. The molecule has 0 heterocycles. The minimum atomic E-state index is 0.459. The van der Waals surface area contributed by atoms with Gasteiger partial charge in [-0.25, -0.2) is 0 Å². The van der Waals surface area contributed by atoms with Crippen molar-refractivity contribution >= 4 is 6.41 Å². The summed E-state index contributed by atoms with van der Waals surface area (Å²) >= 11 is 0. The van der Waals surface area contributed by atoms with Gasteiger partial charge in [0.05, 0.1) is 0 Å². The fourth-order valence-corrected chi connectivity index (χ4v) is 1.68. The van der Waals surface area contributed by atoms with Crippen molar-refractivity contribution in [2.75, 3.05) is 0 Å². The first-order chi connectivity index (χ1) is 4.83. The van der Waals surface area contributed by atoms with Crippen LogP contribution in [0.2, 0.25) is 0 Å². The average Bonchev–Trinajstić information content (AvgIpc) is 1.88. The highest BCUT2D eigenvalue weighted by Crippen LogP contribution is 2.22. The summed E-state index contributed by atoms with van der Waals surface area (Å²) in [4.78, 5) is 10.1. The molecule has 1 saturated carbocycles. The number of rotatable bonds is 2. The van der Waals surface area contributed by atoms with E-state index in [-0.39, 0.29) is 0 Å². The smallest absolute Gasteiger partial charge is 0.207 e. The molecule has 2 atom stereocenters. The van der Waals surface area contributed by atoms with Gasteiger partial charge in [-0.05, 0) is 18.8 Å². The molecule has 1 fully saturated rings. The van der Waals surface area contributed by atoms with Crippen LogP contribution in [0, 0.1) is 5.92 Å². The van der Waals surface area contributed by atoms with Crippen LogP contribution in [0.1, 0.15) is 32.6 Å².